The lowest BCUT2D eigenvalue weighted by Gasteiger charge is -2.34. The van der Waals surface area contributed by atoms with Gasteiger partial charge in [-0.2, -0.15) is 5.26 Å². The van der Waals surface area contributed by atoms with Crippen LogP contribution >= 0.6 is 0 Å². The van der Waals surface area contributed by atoms with E-state index in [4.69, 9.17) is 15.1 Å². The van der Waals surface area contributed by atoms with E-state index in [0.29, 0.717) is 23.3 Å². The lowest BCUT2D eigenvalue weighted by molar-refractivity contribution is -0.139. The maximum Gasteiger partial charge on any atom is 0.341 e. The molecule has 27 heavy (non-hydrogen) atoms. The van der Waals surface area contributed by atoms with Gasteiger partial charge in [-0.05, 0) is 59.0 Å². The van der Waals surface area contributed by atoms with Gasteiger partial charge in [-0.3, -0.25) is 4.79 Å². The van der Waals surface area contributed by atoms with Gasteiger partial charge < -0.3 is 9.84 Å². The highest BCUT2D eigenvalue weighted by Gasteiger charge is 2.42. The zero-order chi connectivity index (χ0) is 19.3. The molecule has 0 heterocycles. The van der Waals surface area contributed by atoms with Gasteiger partial charge in [-0.1, -0.05) is 19.9 Å². The van der Waals surface area contributed by atoms with Crippen LogP contribution in [0.3, 0.4) is 0 Å². The zero-order valence-corrected chi connectivity index (χ0v) is 15.0. The minimum absolute atomic E-state index is 0.0347. The van der Waals surface area contributed by atoms with Gasteiger partial charge >= 0.3 is 5.97 Å². The lowest BCUT2D eigenvalue weighted by atomic mass is 9.68. The minimum Gasteiger partial charge on any atom is -0.482 e. The molecular formula is C22H17NO4. The number of ether oxygens (including phenoxy) is 1. The number of carboxylic acid groups (broad SMARTS) is 1. The summed E-state index contributed by atoms with van der Waals surface area (Å²) in [6.45, 7) is 3.70. The van der Waals surface area contributed by atoms with E-state index in [9.17, 15) is 9.59 Å². The minimum atomic E-state index is -1.05. The van der Waals surface area contributed by atoms with Crippen molar-refractivity contribution >= 4 is 17.3 Å². The summed E-state index contributed by atoms with van der Waals surface area (Å²) in [7, 11) is 0. The third-order valence-corrected chi connectivity index (χ3v) is 5.43. The normalized spacial score (nSPS) is 16.3. The average molecular weight is 359 g/mol. The first-order valence-corrected chi connectivity index (χ1v) is 8.63. The van der Waals surface area contributed by atoms with Gasteiger partial charge in [0, 0.05) is 16.6 Å². The third-order valence-electron chi connectivity index (χ3n) is 5.43. The van der Waals surface area contributed by atoms with Crippen molar-refractivity contribution in [2.24, 2.45) is 0 Å². The van der Waals surface area contributed by atoms with Crippen LogP contribution in [0.1, 0.15) is 46.5 Å². The molecule has 0 aliphatic heterocycles. The van der Waals surface area contributed by atoms with Crippen molar-refractivity contribution in [1.82, 2.24) is 0 Å². The van der Waals surface area contributed by atoms with Crippen LogP contribution in [-0.2, 0) is 16.6 Å². The van der Waals surface area contributed by atoms with Gasteiger partial charge in [0.25, 0.3) is 0 Å². The molecule has 0 spiro atoms. The van der Waals surface area contributed by atoms with E-state index < -0.39 is 18.0 Å². The zero-order valence-electron chi connectivity index (χ0n) is 15.0. The number of carbonyl (C=O) groups is 2. The predicted octanol–water partition coefficient (Wildman–Crippen LogP) is 3.51. The van der Waals surface area contributed by atoms with Gasteiger partial charge in [0.05, 0.1) is 11.6 Å². The van der Waals surface area contributed by atoms with Crippen molar-refractivity contribution in [3.05, 3.63) is 69.8 Å². The second kappa shape index (κ2) is 5.82. The quantitative estimate of drug-likeness (QED) is 0.906. The summed E-state index contributed by atoms with van der Waals surface area (Å²) in [5, 5.41) is 18.0. The van der Waals surface area contributed by atoms with Crippen LogP contribution in [0, 0.1) is 11.3 Å². The van der Waals surface area contributed by atoms with Crippen LogP contribution in [0.25, 0.3) is 5.57 Å². The van der Waals surface area contributed by atoms with Crippen LogP contribution in [0.5, 0.6) is 5.75 Å². The third kappa shape index (κ3) is 2.53. The number of carbonyl (C=O) groups excluding carboxylic acids is 1. The van der Waals surface area contributed by atoms with Gasteiger partial charge in [0.1, 0.15) is 5.75 Å². The Labute approximate surface area is 156 Å². The molecular weight excluding hydrogens is 342 g/mol. The number of aliphatic carboxylic acids is 1. The Morgan fingerprint density at radius 1 is 1.22 bits per heavy atom. The van der Waals surface area contributed by atoms with Crippen molar-refractivity contribution in [3.63, 3.8) is 0 Å². The Hall–Kier alpha value is -3.39. The molecule has 0 atom stereocenters. The molecule has 0 radical (unpaired) electrons. The number of rotatable bonds is 3. The summed E-state index contributed by atoms with van der Waals surface area (Å²) in [6.07, 6.45) is 0.624. The van der Waals surface area contributed by atoms with Crippen LogP contribution in [0.15, 0.2) is 42.0 Å². The summed E-state index contributed by atoms with van der Waals surface area (Å²) in [6, 6.07) is 12.7. The molecule has 2 aliphatic carbocycles. The summed E-state index contributed by atoms with van der Waals surface area (Å²) < 4.78 is 5.30. The second-order valence-electron chi connectivity index (χ2n) is 7.36. The van der Waals surface area contributed by atoms with Crippen molar-refractivity contribution in [2.75, 3.05) is 6.61 Å². The molecule has 5 nitrogen and oxygen atoms in total. The number of benzene rings is 2. The molecule has 134 valence electrons. The van der Waals surface area contributed by atoms with Crippen LogP contribution in [0.2, 0.25) is 0 Å². The van der Waals surface area contributed by atoms with Crippen LogP contribution in [0.4, 0.5) is 0 Å². The molecule has 0 amide bonds. The first-order valence-electron chi connectivity index (χ1n) is 8.63. The van der Waals surface area contributed by atoms with Crippen molar-refractivity contribution < 1.29 is 19.4 Å². The lowest BCUT2D eigenvalue weighted by Crippen LogP contribution is -2.29. The Balaban J connectivity index is 1.81. The Morgan fingerprint density at radius 3 is 2.67 bits per heavy atom. The molecule has 4 rings (SSSR count). The summed E-state index contributed by atoms with van der Waals surface area (Å²) in [5.41, 5.74) is 5.27. The summed E-state index contributed by atoms with van der Waals surface area (Å²) in [5.74, 6) is -0.650. The molecule has 0 unspecified atom stereocenters. The fraction of sp³-hybridized carbons (Fsp3) is 0.227. The Bertz CT molecular complexity index is 1090. The molecule has 0 bridgehead atoms. The fourth-order valence-corrected chi connectivity index (χ4v) is 4.06. The Morgan fingerprint density at radius 2 is 1.96 bits per heavy atom. The Kier molecular flexibility index (Phi) is 3.67. The average Bonchev–Trinajstić information content (AvgIpc) is 3.04. The monoisotopic (exact) mass is 359 g/mol. The van der Waals surface area contributed by atoms with Gasteiger partial charge in [-0.15, -0.1) is 0 Å². The molecule has 0 saturated heterocycles. The van der Waals surface area contributed by atoms with Gasteiger partial charge in [0.2, 0.25) is 0 Å². The van der Waals surface area contributed by atoms with E-state index in [1.54, 1.807) is 24.3 Å². The largest absolute Gasteiger partial charge is 0.482 e. The fourth-order valence-electron chi connectivity index (χ4n) is 4.06. The highest BCUT2D eigenvalue weighted by molar-refractivity contribution is 6.33. The molecule has 1 N–H and O–H groups in total. The van der Waals surface area contributed by atoms with E-state index in [0.717, 1.165) is 27.8 Å². The number of fused-ring (bicyclic) bond motifs is 3. The number of ketones is 1. The molecule has 2 aromatic rings. The van der Waals surface area contributed by atoms with Crippen LogP contribution in [-0.4, -0.2) is 23.5 Å². The molecule has 0 fully saturated rings. The SMILES string of the molecule is CC1(C)C2=C(C(=O)c3ccc(OCC(=O)O)cc31)c1ccc(C#N)cc1C2. The first kappa shape index (κ1) is 17.0. The maximum absolute atomic E-state index is 13.2. The molecule has 5 heteroatoms. The molecule has 0 aromatic heterocycles. The van der Waals surface area contributed by atoms with Crippen molar-refractivity contribution in [2.45, 2.75) is 25.7 Å². The molecule has 2 aromatic carbocycles. The number of nitriles is 1. The summed E-state index contributed by atoms with van der Waals surface area (Å²) in [4.78, 5) is 24.0. The van der Waals surface area contributed by atoms with E-state index >= 15 is 0 Å². The standard InChI is InChI=1S/C22H17NO4/c1-22(2)17-9-14(27-11-19(24)25)4-6-16(17)21(26)20-15-5-3-12(10-23)7-13(15)8-18(20)22/h3-7,9H,8,11H2,1-2H3,(H,24,25). The highest BCUT2D eigenvalue weighted by Crippen LogP contribution is 2.50. The van der Waals surface area contributed by atoms with Gasteiger partial charge in [-0.25, -0.2) is 4.79 Å². The van der Waals surface area contributed by atoms with Crippen molar-refractivity contribution in [1.29, 1.82) is 5.26 Å². The topological polar surface area (TPSA) is 87.4 Å². The number of nitrogens with zero attached hydrogens (tertiary/aromatic N) is 1. The van der Waals surface area contributed by atoms with Gasteiger partial charge in [0.15, 0.2) is 12.4 Å². The maximum atomic E-state index is 13.2. The predicted molar refractivity (Wildman–Crippen MR) is 98.7 cm³/mol. The number of hydrogen-bond donors (Lipinski definition) is 1. The number of carboxylic acids is 1. The van der Waals surface area contributed by atoms with Crippen LogP contribution < -0.4 is 4.74 Å². The van der Waals surface area contributed by atoms with E-state index in [2.05, 4.69) is 19.9 Å². The first-order chi connectivity index (χ1) is 12.8. The smallest absolute Gasteiger partial charge is 0.341 e. The number of allylic oxidation sites excluding steroid dienone is 2. The van der Waals surface area contributed by atoms with E-state index in [1.165, 1.54) is 0 Å². The number of Topliss-reactive ketones (excluding diaryl/α,β-unsaturated/α-hetero) is 1. The second-order valence-corrected chi connectivity index (χ2v) is 7.36. The van der Waals surface area contributed by atoms with Crippen molar-refractivity contribution in [3.8, 4) is 11.8 Å². The van der Waals surface area contributed by atoms with E-state index in [1.807, 2.05) is 12.1 Å². The highest BCUT2D eigenvalue weighted by atomic mass is 16.5. The summed E-state index contributed by atoms with van der Waals surface area (Å²) >= 11 is 0. The molecule has 0 saturated carbocycles. The molecule has 2 aliphatic rings. The number of hydrogen-bond acceptors (Lipinski definition) is 4. The van der Waals surface area contributed by atoms with E-state index in [-0.39, 0.29) is 5.78 Å².